The lowest BCUT2D eigenvalue weighted by molar-refractivity contribution is -0.126. The fourth-order valence-electron chi connectivity index (χ4n) is 2.09. The van der Waals surface area contributed by atoms with Crippen LogP contribution in [0.3, 0.4) is 0 Å². The maximum Gasteiger partial charge on any atom is 0.239 e. The second-order valence-corrected chi connectivity index (χ2v) is 5.27. The van der Waals surface area contributed by atoms with Crippen LogP contribution in [0.25, 0.3) is 0 Å². The van der Waals surface area contributed by atoms with Crippen LogP contribution in [0.15, 0.2) is 0 Å². The van der Waals surface area contributed by atoms with Crippen molar-refractivity contribution in [3.8, 4) is 0 Å². The van der Waals surface area contributed by atoms with Gasteiger partial charge in [-0.2, -0.15) is 0 Å². The molecule has 17 heavy (non-hydrogen) atoms. The summed E-state index contributed by atoms with van der Waals surface area (Å²) in [5, 5.41) is 6.20. The topological polar surface area (TPSA) is 44.4 Å². The van der Waals surface area contributed by atoms with Crippen LogP contribution in [0.2, 0.25) is 0 Å². The molecule has 0 atom stereocenters. The molecule has 0 unspecified atom stereocenters. The van der Waals surface area contributed by atoms with Crippen molar-refractivity contribution < 1.29 is 4.79 Å². The molecule has 1 aliphatic carbocycles. The molecule has 1 saturated carbocycles. The van der Waals surface area contributed by atoms with Crippen molar-refractivity contribution in [2.45, 2.75) is 52.1 Å². The van der Waals surface area contributed by atoms with Gasteiger partial charge in [-0.3, -0.25) is 9.69 Å². The van der Waals surface area contributed by atoms with Gasteiger partial charge < -0.3 is 10.6 Å². The van der Waals surface area contributed by atoms with Crippen LogP contribution in [0, 0.1) is 0 Å². The second-order valence-electron chi connectivity index (χ2n) is 5.27. The highest BCUT2D eigenvalue weighted by atomic mass is 16.2. The van der Waals surface area contributed by atoms with Crippen molar-refractivity contribution in [1.29, 1.82) is 0 Å². The van der Waals surface area contributed by atoms with Crippen LogP contribution >= 0.6 is 0 Å². The maximum atomic E-state index is 11.9. The summed E-state index contributed by atoms with van der Waals surface area (Å²) >= 11 is 0. The van der Waals surface area contributed by atoms with Crippen molar-refractivity contribution in [3.63, 3.8) is 0 Å². The first-order valence-corrected chi connectivity index (χ1v) is 6.78. The summed E-state index contributed by atoms with van der Waals surface area (Å²) < 4.78 is 0. The molecule has 1 fully saturated rings. The molecule has 0 aromatic heterocycles. The van der Waals surface area contributed by atoms with Crippen molar-refractivity contribution >= 4 is 5.91 Å². The lowest BCUT2D eigenvalue weighted by Gasteiger charge is -2.26. The molecule has 0 radical (unpaired) electrons. The summed E-state index contributed by atoms with van der Waals surface area (Å²) in [5.41, 5.74) is -0.467. The van der Waals surface area contributed by atoms with Crippen molar-refractivity contribution in [2.24, 2.45) is 0 Å². The van der Waals surface area contributed by atoms with Crippen LogP contribution in [-0.4, -0.2) is 48.6 Å². The molecule has 2 N–H and O–H groups in total. The number of likely N-dealkylation sites (N-methyl/N-ethyl adjacent to an activating group) is 2. The summed E-state index contributed by atoms with van der Waals surface area (Å²) in [7, 11) is 0. The predicted octanol–water partition coefficient (Wildman–Crippen LogP) is 0.975. The molecule has 1 amide bonds. The normalized spacial score (nSPS) is 16.3. The minimum atomic E-state index is -0.467. The molecule has 0 aromatic rings. The average molecular weight is 241 g/mol. The summed E-state index contributed by atoms with van der Waals surface area (Å²) in [6, 6.07) is 0.777. The van der Waals surface area contributed by atoms with Gasteiger partial charge in [0.2, 0.25) is 5.91 Å². The molecular formula is C13H27N3O. The smallest absolute Gasteiger partial charge is 0.239 e. The summed E-state index contributed by atoms with van der Waals surface area (Å²) in [4.78, 5) is 14.4. The zero-order valence-electron chi connectivity index (χ0n) is 11.7. The van der Waals surface area contributed by atoms with E-state index in [0.29, 0.717) is 0 Å². The summed E-state index contributed by atoms with van der Waals surface area (Å²) in [6.45, 7) is 11.6. The van der Waals surface area contributed by atoms with Gasteiger partial charge in [-0.25, -0.2) is 0 Å². The molecule has 1 aliphatic rings. The highest BCUT2D eigenvalue weighted by molar-refractivity contribution is 5.85. The van der Waals surface area contributed by atoms with E-state index in [1.165, 1.54) is 12.8 Å². The van der Waals surface area contributed by atoms with Crippen LogP contribution < -0.4 is 10.6 Å². The molecule has 0 bridgehead atoms. The van der Waals surface area contributed by atoms with E-state index in [1.54, 1.807) is 0 Å². The van der Waals surface area contributed by atoms with Crippen LogP contribution in [0.1, 0.15) is 40.5 Å². The average Bonchev–Trinajstić information content (AvgIpc) is 3.08. The third-order valence-corrected chi connectivity index (χ3v) is 3.34. The summed E-state index contributed by atoms with van der Waals surface area (Å²) in [5.74, 6) is 0.0891. The van der Waals surface area contributed by atoms with Gasteiger partial charge in [-0.05, 0) is 39.8 Å². The highest BCUT2D eigenvalue weighted by Crippen LogP contribution is 2.25. The predicted molar refractivity (Wildman–Crippen MR) is 71.0 cm³/mol. The fraction of sp³-hybridized carbons (Fsp3) is 0.923. The van der Waals surface area contributed by atoms with E-state index in [4.69, 9.17) is 0 Å². The quantitative estimate of drug-likeness (QED) is 0.666. The SMILES string of the molecule is CCNC(C)(C)C(=O)NCCN(CC)C1CC1. The number of carbonyl (C=O) groups is 1. The van der Waals surface area contributed by atoms with Crippen LogP contribution in [0.4, 0.5) is 0 Å². The number of carbonyl (C=O) groups excluding carboxylic acids is 1. The Morgan fingerprint density at radius 1 is 1.35 bits per heavy atom. The lowest BCUT2D eigenvalue weighted by Crippen LogP contribution is -2.53. The van der Waals surface area contributed by atoms with Crippen molar-refractivity contribution in [1.82, 2.24) is 15.5 Å². The number of nitrogens with one attached hydrogen (secondary N) is 2. The van der Waals surface area contributed by atoms with Gasteiger partial charge in [0.1, 0.15) is 0 Å². The third-order valence-electron chi connectivity index (χ3n) is 3.34. The van der Waals surface area contributed by atoms with Gasteiger partial charge in [-0.15, -0.1) is 0 Å². The molecule has 100 valence electrons. The first-order chi connectivity index (χ1) is 8.01. The Labute approximate surface area is 105 Å². The molecule has 0 aliphatic heterocycles. The Morgan fingerprint density at radius 2 is 2.00 bits per heavy atom. The molecule has 0 saturated heterocycles. The zero-order chi connectivity index (χ0) is 12.9. The van der Waals surface area contributed by atoms with Gasteiger partial charge in [-0.1, -0.05) is 13.8 Å². The second kappa shape index (κ2) is 6.36. The zero-order valence-corrected chi connectivity index (χ0v) is 11.7. The Balaban J connectivity index is 2.22. The van der Waals surface area contributed by atoms with Crippen molar-refractivity contribution in [2.75, 3.05) is 26.2 Å². The highest BCUT2D eigenvalue weighted by Gasteiger charge is 2.28. The van der Waals surface area contributed by atoms with E-state index in [1.807, 2.05) is 20.8 Å². The monoisotopic (exact) mass is 241 g/mol. The number of hydrogen-bond acceptors (Lipinski definition) is 3. The molecule has 0 aromatic carbocycles. The number of amides is 1. The largest absolute Gasteiger partial charge is 0.353 e. The molecule has 4 nitrogen and oxygen atoms in total. The first kappa shape index (κ1) is 14.5. The van der Waals surface area contributed by atoms with Gasteiger partial charge in [0.05, 0.1) is 5.54 Å². The Morgan fingerprint density at radius 3 is 2.47 bits per heavy atom. The van der Waals surface area contributed by atoms with E-state index in [9.17, 15) is 4.79 Å². The van der Waals surface area contributed by atoms with Gasteiger partial charge in [0.15, 0.2) is 0 Å². The number of hydrogen-bond donors (Lipinski definition) is 2. The van der Waals surface area contributed by atoms with Gasteiger partial charge in [0, 0.05) is 19.1 Å². The van der Waals surface area contributed by atoms with Crippen LogP contribution in [-0.2, 0) is 4.79 Å². The molecule has 0 heterocycles. The van der Waals surface area contributed by atoms with Gasteiger partial charge >= 0.3 is 0 Å². The molecule has 0 spiro atoms. The minimum absolute atomic E-state index is 0.0891. The Bertz CT molecular complexity index is 249. The summed E-state index contributed by atoms with van der Waals surface area (Å²) in [6.07, 6.45) is 2.65. The van der Waals surface area contributed by atoms with Gasteiger partial charge in [0.25, 0.3) is 0 Å². The van der Waals surface area contributed by atoms with E-state index in [2.05, 4.69) is 22.5 Å². The fourth-order valence-corrected chi connectivity index (χ4v) is 2.09. The molecule has 4 heteroatoms. The number of nitrogens with zero attached hydrogens (tertiary/aromatic N) is 1. The maximum absolute atomic E-state index is 11.9. The van der Waals surface area contributed by atoms with E-state index in [0.717, 1.165) is 32.2 Å². The Hall–Kier alpha value is -0.610. The lowest BCUT2D eigenvalue weighted by atomic mass is 10.0. The van der Waals surface area contributed by atoms with E-state index >= 15 is 0 Å². The standard InChI is InChI=1S/C13H27N3O/c1-5-15-13(3,4)12(17)14-9-10-16(6-2)11-7-8-11/h11,15H,5-10H2,1-4H3,(H,14,17). The molecule has 1 rings (SSSR count). The van der Waals surface area contributed by atoms with E-state index in [-0.39, 0.29) is 5.91 Å². The Kier molecular flexibility index (Phi) is 5.40. The third kappa shape index (κ3) is 4.64. The van der Waals surface area contributed by atoms with Crippen molar-refractivity contribution in [3.05, 3.63) is 0 Å². The number of rotatable bonds is 8. The molecular weight excluding hydrogens is 214 g/mol. The first-order valence-electron chi connectivity index (χ1n) is 6.78. The minimum Gasteiger partial charge on any atom is -0.353 e. The van der Waals surface area contributed by atoms with Crippen LogP contribution in [0.5, 0.6) is 0 Å². The van der Waals surface area contributed by atoms with E-state index < -0.39 is 5.54 Å².